The minimum atomic E-state index is -0.289. The molecule has 1 aliphatic rings. The van der Waals surface area contributed by atoms with E-state index < -0.39 is 0 Å². The van der Waals surface area contributed by atoms with Gasteiger partial charge in [0.25, 0.3) is 0 Å². The van der Waals surface area contributed by atoms with Crippen LogP contribution in [0.4, 0.5) is 4.39 Å². The SMILES string of the molecule is O=C(c1ccc(F)cc1)C1CCCCS1. The van der Waals surface area contributed by atoms with Crippen LogP contribution in [0.15, 0.2) is 24.3 Å². The summed E-state index contributed by atoms with van der Waals surface area (Å²) in [5, 5.41) is 0.0872. The Labute approximate surface area is 93.1 Å². The fraction of sp³-hybridized carbons (Fsp3) is 0.417. The maximum absolute atomic E-state index is 12.7. The molecule has 0 bridgehead atoms. The molecule has 0 aromatic heterocycles. The highest BCUT2D eigenvalue weighted by molar-refractivity contribution is 8.00. The van der Waals surface area contributed by atoms with Gasteiger partial charge in [0.2, 0.25) is 0 Å². The molecular weight excluding hydrogens is 211 g/mol. The molecular formula is C12H13FOS. The van der Waals surface area contributed by atoms with E-state index >= 15 is 0 Å². The zero-order valence-corrected chi connectivity index (χ0v) is 9.23. The van der Waals surface area contributed by atoms with Crippen molar-refractivity contribution in [2.75, 3.05) is 5.75 Å². The number of carbonyl (C=O) groups excluding carboxylic acids is 1. The molecule has 2 rings (SSSR count). The third kappa shape index (κ3) is 2.59. The molecule has 1 unspecified atom stereocenters. The van der Waals surface area contributed by atoms with Crippen molar-refractivity contribution in [3.05, 3.63) is 35.6 Å². The summed E-state index contributed by atoms with van der Waals surface area (Å²) in [7, 11) is 0. The standard InChI is InChI=1S/C12H13FOS/c13-10-6-4-9(5-7-10)12(14)11-3-1-2-8-15-11/h4-7,11H,1-3,8H2. The van der Waals surface area contributed by atoms with Crippen molar-refractivity contribution in [2.24, 2.45) is 0 Å². The molecule has 0 spiro atoms. The zero-order chi connectivity index (χ0) is 10.7. The minimum Gasteiger partial charge on any atom is -0.293 e. The van der Waals surface area contributed by atoms with Crippen LogP contribution in [0.1, 0.15) is 29.6 Å². The molecule has 1 aromatic carbocycles. The van der Waals surface area contributed by atoms with Gasteiger partial charge in [0, 0.05) is 5.56 Å². The molecule has 1 nitrogen and oxygen atoms in total. The van der Waals surface area contributed by atoms with Gasteiger partial charge in [0.1, 0.15) is 5.82 Å². The Morgan fingerprint density at radius 1 is 1.27 bits per heavy atom. The summed E-state index contributed by atoms with van der Waals surface area (Å²) in [4.78, 5) is 12.0. The second-order valence-electron chi connectivity index (χ2n) is 3.73. The van der Waals surface area contributed by atoms with Crippen LogP contribution in [0.2, 0.25) is 0 Å². The summed E-state index contributed by atoms with van der Waals surface area (Å²) >= 11 is 1.73. The van der Waals surface area contributed by atoms with Gasteiger partial charge in [0.15, 0.2) is 5.78 Å². The van der Waals surface area contributed by atoms with Crippen LogP contribution < -0.4 is 0 Å². The van der Waals surface area contributed by atoms with Crippen molar-refractivity contribution < 1.29 is 9.18 Å². The van der Waals surface area contributed by atoms with Crippen LogP contribution >= 0.6 is 11.8 Å². The number of ketones is 1. The molecule has 0 N–H and O–H groups in total. The second-order valence-corrected chi connectivity index (χ2v) is 5.04. The molecule has 0 radical (unpaired) electrons. The Bertz CT molecular complexity index is 341. The van der Waals surface area contributed by atoms with Crippen LogP contribution in [0.3, 0.4) is 0 Å². The molecule has 0 amide bonds. The highest BCUT2D eigenvalue weighted by Crippen LogP contribution is 2.27. The van der Waals surface area contributed by atoms with E-state index in [2.05, 4.69) is 0 Å². The van der Waals surface area contributed by atoms with Gasteiger partial charge in [-0.2, -0.15) is 11.8 Å². The number of benzene rings is 1. The molecule has 15 heavy (non-hydrogen) atoms. The molecule has 1 heterocycles. The zero-order valence-electron chi connectivity index (χ0n) is 8.41. The number of carbonyl (C=O) groups is 1. The van der Waals surface area contributed by atoms with Gasteiger partial charge in [-0.1, -0.05) is 6.42 Å². The fourth-order valence-corrected chi connectivity index (χ4v) is 3.02. The van der Waals surface area contributed by atoms with Gasteiger partial charge in [-0.15, -0.1) is 0 Å². The predicted octanol–water partition coefficient (Wildman–Crippen LogP) is 3.29. The quantitative estimate of drug-likeness (QED) is 0.717. The Morgan fingerprint density at radius 2 is 2.00 bits per heavy atom. The third-order valence-corrected chi connectivity index (χ3v) is 3.98. The second kappa shape index (κ2) is 4.79. The Balaban J connectivity index is 2.09. The molecule has 3 heteroatoms. The molecule has 1 saturated heterocycles. The van der Waals surface area contributed by atoms with Crippen molar-refractivity contribution in [1.29, 1.82) is 0 Å². The maximum Gasteiger partial charge on any atom is 0.175 e. The lowest BCUT2D eigenvalue weighted by Gasteiger charge is -2.19. The lowest BCUT2D eigenvalue weighted by atomic mass is 10.0. The van der Waals surface area contributed by atoms with Gasteiger partial charge in [-0.3, -0.25) is 4.79 Å². The number of rotatable bonds is 2. The van der Waals surface area contributed by atoms with Crippen molar-refractivity contribution in [1.82, 2.24) is 0 Å². The molecule has 1 fully saturated rings. The van der Waals surface area contributed by atoms with E-state index in [1.165, 1.54) is 18.6 Å². The normalized spacial score (nSPS) is 21.3. The van der Waals surface area contributed by atoms with Crippen LogP contribution in [0.25, 0.3) is 0 Å². The minimum absolute atomic E-state index is 0.0872. The molecule has 0 saturated carbocycles. The molecule has 1 aliphatic heterocycles. The van der Waals surface area contributed by atoms with Crippen molar-refractivity contribution in [2.45, 2.75) is 24.5 Å². The molecule has 80 valence electrons. The summed E-state index contributed by atoms with van der Waals surface area (Å²) in [6.45, 7) is 0. The average molecular weight is 224 g/mol. The lowest BCUT2D eigenvalue weighted by Crippen LogP contribution is -2.20. The lowest BCUT2D eigenvalue weighted by molar-refractivity contribution is 0.0985. The van der Waals surface area contributed by atoms with E-state index in [4.69, 9.17) is 0 Å². The van der Waals surface area contributed by atoms with E-state index in [9.17, 15) is 9.18 Å². The highest BCUT2D eigenvalue weighted by atomic mass is 32.2. The van der Waals surface area contributed by atoms with Crippen LogP contribution in [0.5, 0.6) is 0 Å². The predicted molar refractivity (Wildman–Crippen MR) is 60.8 cm³/mol. The first-order valence-corrected chi connectivity index (χ1v) is 6.23. The van der Waals surface area contributed by atoms with E-state index in [1.807, 2.05) is 0 Å². The molecule has 0 aliphatic carbocycles. The van der Waals surface area contributed by atoms with E-state index in [0.717, 1.165) is 18.6 Å². The molecule has 1 aromatic rings. The van der Waals surface area contributed by atoms with E-state index in [-0.39, 0.29) is 16.9 Å². The van der Waals surface area contributed by atoms with E-state index in [0.29, 0.717) is 5.56 Å². The van der Waals surface area contributed by atoms with Crippen LogP contribution in [0, 0.1) is 5.82 Å². The monoisotopic (exact) mass is 224 g/mol. The largest absolute Gasteiger partial charge is 0.293 e. The maximum atomic E-state index is 12.7. The van der Waals surface area contributed by atoms with Crippen molar-refractivity contribution in [3.8, 4) is 0 Å². The van der Waals surface area contributed by atoms with Gasteiger partial charge >= 0.3 is 0 Å². The Morgan fingerprint density at radius 3 is 2.60 bits per heavy atom. The molecule has 1 atom stereocenters. The first-order chi connectivity index (χ1) is 7.27. The topological polar surface area (TPSA) is 17.1 Å². The van der Waals surface area contributed by atoms with Crippen molar-refractivity contribution >= 4 is 17.5 Å². The van der Waals surface area contributed by atoms with E-state index in [1.54, 1.807) is 23.9 Å². The van der Waals surface area contributed by atoms with Gasteiger partial charge < -0.3 is 0 Å². The summed E-state index contributed by atoms with van der Waals surface area (Å²) in [5.41, 5.74) is 0.635. The first-order valence-electron chi connectivity index (χ1n) is 5.19. The average Bonchev–Trinajstić information content (AvgIpc) is 2.30. The third-order valence-electron chi connectivity index (χ3n) is 2.60. The Hall–Kier alpha value is -0.830. The summed E-state index contributed by atoms with van der Waals surface area (Å²) in [5.74, 6) is 0.931. The summed E-state index contributed by atoms with van der Waals surface area (Å²) < 4.78 is 12.7. The Kier molecular flexibility index (Phi) is 3.41. The highest BCUT2D eigenvalue weighted by Gasteiger charge is 2.22. The van der Waals surface area contributed by atoms with Gasteiger partial charge in [0.05, 0.1) is 5.25 Å². The number of Topliss-reactive ketones (excluding diaryl/α,β-unsaturated/α-hetero) is 1. The first kappa shape index (κ1) is 10.7. The number of hydrogen-bond donors (Lipinski definition) is 0. The number of halogens is 1. The van der Waals surface area contributed by atoms with Crippen LogP contribution in [-0.4, -0.2) is 16.8 Å². The fourth-order valence-electron chi connectivity index (χ4n) is 1.75. The summed E-state index contributed by atoms with van der Waals surface area (Å²) in [6.07, 6.45) is 3.29. The number of hydrogen-bond acceptors (Lipinski definition) is 2. The van der Waals surface area contributed by atoms with Crippen LogP contribution in [-0.2, 0) is 0 Å². The smallest absolute Gasteiger partial charge is 0.175 e. The number of thioether (sulfide) groups is 1. The summed E-state index contributed by atoms with van der Waals surface area (Å²) in [6, 6.07) is 5.85. The van der Waals surface area contributed by atoms with Gasteiger partial charge in [-0.05, 0) is 42.9 Å². The van der Waals surface area contributed by atoms with Gasteiger partial charge in [-0.25, -0.2) is 4.39 Å². The van der Waals surface area contributed by atoms with Crippen molar-refractivity contribution in [3.63, 3.8) is 0 Å².